The molecule has 3 heteroatoms. The summed E-state index contributed by atoms with van der Waals surface area (Å²) < 4.78 is 0. The van der Waals surface area contributed by atoms with Gasteiger partial charge in [0, 0.05) is 12.0 Å². The third kappa shape index (κ3) is 2.91. The quantitative estimate of drug-likeness (QED) is 0.838. The van der Waals surface area contributed by atoms with E-state index in [1.165, 1.54) is 36.0 Å². The zero-order valence-electron chi connectivity index (χ0n) is 11.1. The fourth-order valence-electron chi connectivity index (χ4n) is 2.58. The second-order valence-electron chi connectivity index (χ2n) is 5.72. The molecule has 0 fully saturated rings. The molecule has 0 bridgehead atoms. The Kier molecular flexibility index (Phi) is 3.71. The van der Waals surface area contributed by atoms with Crippen molar-refractivity contribution in [1.82, 2.24) is 5.32 Å². The summed E-state index contributed by atoms with van der Waals surface area (Å²) in [7, 11) is 0. The van der Waals surface area contributed by atoms with Crippen LogP contribution in [0.2, 0.25) is 0 Å². The number of carboxylic acids is 1. The number of hydrogen-bond acceptors (Lipinski definition) is 2. The first kappa shape index (κ1) is 13.1. The highest BCUT2D eigenvalue weighted by molar-refractivity contribution is 5.69. The zero-order chi connectivity index (χ0) is 13.2. The predicted molar refractivity (Wildman–Crippen MR) is 72.0 cm³/mol. The number of carboxylic acid groups (broad SMARTS) is 1. The van der Waals surface area contributed by atoms with E-state index < -0.39 is 5.97 Å². The molecule has 1 aliphatic carbocycles. The van der Waals surface area contributed by atoms with E-state index in [1.807, 2.05) is 0 Å². The molecule has 18 heavy (non-hydrogen) atoms. The molecule has 0 aliphatic heterocycles. The van der Waals surface area contributed by atoms with Gasteiger partial charge in [0.2, 0.25) is 0 Å². The van der Waals surface area contributed by atoms with Gasteiger partial charge in [-0.15, -0.1) is 0 Å². The minimum atomic E-state index is -0.806. The third-order valence-corrected chi connectivity index (χ3v) is 3.72. The molecule has 0 atom stereocenters. The van der Waals surface area contributed by atoms with Gasteiger partial charge in [0.25, 0.3) is 0 Å². The van der Waals surface area contributed by atoms with Gasteiger partial charge in [-0.3, -0.25) is 4.79 Å². The second-order valence-corrected chi connectivity index (χ2v) is 5.72. The van der Waals surface area contributed by atoms with Gasteiger partial charge in [-0.2, -0.15) is 0 Å². The maximum absolute atomic E-state index is 10.5. The van der Waals surface area contributed by atoms with Gasteiger partial charge >= 0.3 is 5.97 Å². The Labute approximate surface area is 108 Å². The van der Waals surface area contributed by atoms with Gasteiger partial charge in [0.05, 0.1) is 6.54 Å². The van der Waals surface area contributed by atoms with E-state index in [-0.39, 0.29) is 12.0 Å². The van der Waals surface area contributed by atoms with Crippen LogP contribution in [0.15, 0.2) is 18.2 Å². The average molecular weight is 247 g/mol. The van der Waals surface area contributed by atoms with Crippen LogP contribution in [0.4, 0.5) is 0 Å². The largest absolute Gasteiger partial charge is 0.480 e. The Morgan fingerprint density at radius 2 is 2.06 bits per heavy atom. The molecule has 2 rings (SSSR count). The van der Waals surface area contributed by atoms with E-state index in [0.29, 0.717) is 6.54 Å². The molecule has 1 aromatic rings. The van der Waals surface area contributed by atoms with Crippen molar-refractivity contribution >= 4 is 5.97 Å². The molecule has 0 spiro atoms. The fourth-order valence-corrected chi connectivity index (χ4v) is 2.58. The van der Waals surface area contributed by atoms with Crippen LogP contribution in [-0.4, -0.2) is 24.2 Å². The molecule has 0 amide bonds. The van der Waals surface area contributed by atoms with Gasteiger partial charge < -0.3 is 10.4 Å². The van der Waals surface area contributed by atoms with Crippen LogP contribution in [0.3, 0.4) is 0 Å². The Bertz CT molecular complexity index is 452. The molecule has 1 aromatic carbocycles. The van der Waals surface area contributed by atoms with E-state index in [9.17, 15) is 4.79 Å². The summed E-state index contributed by atoms with van der Waals surface area (Å²) in [6.45, 7) is 5.00. The molecule has 0 saturated heterocycles. The summed E-state index contributed by atoms with van der Waals surface area (Å²) in [5.74, 6) is -0.806. The summed E-state index contributed by atoms with van der Waals surface area (Å²) >= 11 is 0. The lowest BCUT2D eigenvalue weighted by Gasteiger charge is -2.26. The molecular weight excluding hydrogens is 226 g/mol. The third-order valence-electron chi connectivity index (χ3n) is 3.72. The summed E-state index contributed by atoms with van der Waals surface area (Å²) in [5.41, 5.74) is 4.21. The topological polar surface area (TPSA) is 49.3 Å². The molecule has 0 radical (unpaired) electrons. The lowest BCUT2D eigenvalue weighted by molar-refractivity contribution is -0.136. The summed E-state index contributed by atoms with van der Waals surface area (Å²) in [4.78, 5) is 10.5. The van der Waals surface area contributed by atoms with E-state index in [2.05, 4.69) is 37.4 Å². The van der Waals surface area contributed by atoms with Crippen LogP contribution in [0.25, 0.3) is 0 Å². The van der Waals surface area contributed by atoms with E-state index >= 15 is 0 Å². The summed E-state index contributed by atoms with van der Waals surface area (Å²) in [6.07, 6.45) is 3.64. The van der Waals surface area contributed by atoms with Crippen LogP contribution in [-0.2, 0) is 23.1 Å². The van der Waals surface area contributed by atoms with Crippen molar-refractivity contribution in [3.63, 3.8) is 0 Å². The molecule has 98 valence electrons. The van der Waals surface area contributed by atoms with Crippen molar-refractivity contribution in [2.24, 2.45) is 0 Å². The number of fused-ring (bicyclic) bond motifs is 1. The standard InChI is InChI=1S/C15H21NO2/c1-15(2,10-16-9-14(17)18)13-7-6-11-4-3-5-12(11)8-13/h6-8,16H,3-5,9-10H2,1-2H3,(H,17,18). The highest BCUT2D eigenvalue weighted by atomic mass is 16.4. The van der Waals surface area contributed by atoms with Gasteiger partial charge in [-0.25, -0.2) is 0 Å². The van der Waals surface area contributed by atoms with Crippen LogP contribution in [0.1, 0.15) is 37.0 Å². The first-order valence-electron chi connectivity index (χ1n) is 6.54. The second kappa shape index (κ2) is 5.11. The molecule has 0 unspecified atom stereocenters. The number of nitrogens with one attached hydrogen (secondary N) is 1. The van der Waals surface area contributed by atoms with Gasteiger partial charge in [0.1, 0.15) is 0 Å². The number of aliphatic carboxylic acids is 1. The lowest BCUT2D eigenvalue weighted by Crippen LogP contribution is -2.35. The molecule has 3 nitrogen and oxygen atoms in total. The van der Waals surface area contributed by atoms with Crippen molar-refractivity contribution in [3.05, 3.63) is 34.9 Å². The predicted octanol–water partition coefficient (Wildman–Crippen LogP) is 2.13. The Hall–Kier alpha value is -1.35. The molecular formula is C15H21NO2. The maximum Gasteiger partial charge on any atom is 0.317 e. The van der Waals surface area contributed by atoms with Crippen molar-refractivity contribution in [2.45, 2.75) is 38.5 Å². The minimum absolute atomic E-state index is 0.0222. The zero-order valence-corrected chi connectivity index (χ0v) is 11.1. The number of hydrogen-bond donors (Lipinski definition) is 2. The number of carbonyl (C=O) groups is 1. The molecule has 1 aliphatic rings. The van der Waals surface area contributed by atoms with E-state index in [1.54, 1.807) is 0 Å². The fraction of sp³-hybridized carbons (Fsp3) is 0.533. The normalized spacial score (nSPS) is 14.6. The highest BCUT2D eigenvalue weighted by Crippen LogP contribution is 2.29. The van der Waals surface area contributed by atoms with Gasteiger partial charge in [-0.05, 0) is 36.0 Å². The highest BCUT2D eigenvalue weighted by Gasteiger charge is 2.22. The van der Waals surface area contributed by atoms with Crippen molar-refractivity contribution in [3.8, 4) is 0 Å². The number of rotatable bonds is 5. The number of benzene rings is 1. The Balaban J connectivity index is 2.07. The Morgan fingerprint density at radius 1 is 1.33 bits per heavy atom. The maximum atomic E-state index is 10.5. The Morgan fingerprint density at radius 3 is 2.78 bits per heavy atom. The first-order valence-corrected chi connectivity index (χ1v) is 6.54. The molecule has 2 N–H and O–H groups in total. The van der Waals surface area contributed by atoms with Crippen molar-refractivity contribution < 1.29 is 9.90 Å². The van der Waals surface area contributed by atoms with Crippen molar-refractivity contribution in [1.29, 1.82) is 0 Å². The van der Waals surface area contributed by atoms with Crippen LogP contribution >= 0.6 is 0 Å². The van der Waals surface area contributed by atoms with Crippen molar-refractivity contribution in [2.75, 3.05) is 13.1 Å². The minimum Gasteiger partial charge on any atom is -0.480 e. The van der Waals surface area contributed by atoms with Crippen LogP contribution < -0.4 is 5.32 Å². The summed E-state index contributed by atoms with van der Waals surface area (Å²) in [5, 5.41) is 11.6. The smallest absolute Gasteiger partial charge is 0.317 e. The molecule has 0 saturated carbocycles. The van der Waals surface area contributed by atoms with Crippen LogP contribution in [0.5, 0.6) is 0 Å². The molecule has 0 heterocycles. The van der Waals surface area contributed by atoms with E-state index in [4.69, 9.17) is 5.11 Å². The number of aryl methyl sites for hydroxylation is 2. The van der Waals surface area contributed by atoms with Crippen LogP contribution in [0, 0.1) is 0 Å². The monoisotopic (exact) mass is 247 g/mol. The first-order chi connectivity index (χ1) is 8.49. The SMILES string of the molecule is CC(C)(CNCC(=O)O)c1ccc2c(c1)CCC2. The summed E-state index contributed by atoms with van der Waals surface area (Å²) in [6, 6.07) is 6.72. The van der Waals surface area contributed by atoms with E-state index in [0.717, 1.165) is 0 Å². The lowest BCUT2D eigenvalue weighted by atomic mass is 9.83. The van der Waals surface area contributed by atoms with Gasteiger partial charge in [-0.1, -0.05) is 32.0 Å². The average Bonchev–Trinajstić information content (AvgIpc) is 2.74. The van der Waals surface area contributed by atoms with Gasteiger partial charge in [0.15, 0.2) is 0 Å². The molecule has 0 aromatic heterocycles.